The van der Waals surface area contributed by atoms with Gasteiger partial charge in [0.05, 0.1) is 6.04 Å². The highest BCUT2D eigenvalue weighted by molar-refractivity contribution is 8.13. The molecular formula is C14H19ClN2S. The number of halogens is 1. The molecule has 4 heteroatoms. The summed E-state index contributed by atoms with van der Waals surface area (Å²) in [5.74, 6) is 0. The number of thioether (sulfide) groups is 1. The lowest BCUT2D eigenvalue weighted by atomic mass is 9.96. The Morgan fingerprint density at radius 3 is 2.50 bits per heavy atom. The first-order valence-electron chi connectivity index (χ1n) is 6.42. The van der Waals surface area contributed by atoms with Crippen LogP contribution >= 0.6 is 23.4 Å². The summed E-state index contributed by atoms with van der Waals surface area (Å²) in [5, 5.41) is 5.12. The largest absolute Gasteiger partial charge is 0.335 e. The van der Waals surface area contributed by atoms with E-state index in [4.69, 9.17) is 16.6 Å². The van der Waals surface area contributed by atoms with Crippen molar-refractivity contribution in [2.45, 2.75) is 38.1 Å². The first-order chi connectivity index (χ1) is 8.78. The van der Waals surface area contributed by atoms with Gasteiger partial charge in [0.2, 0.25) is 0 Å². The van der Waals surface area contributed by atoms with E-state index in [1.54, 1.807) is 11.8 Å². The van der Waals surface area contributed by atoms with E-state index in [2.05, 4.69) is 11.6 Å². The highest BCUT2D eigenvalue weighted by Crippen LogP contribution is 2.22. The van der Waals surface area contributed by atoms with Crippen molar-refractivity contribution in [3.8, 4) is 0 Å². The van der Waals surface area contributed by atoms with Crippen LogP contribution in [0.15, 0.2) is 29.3 Å². The summed E-state index contributed by atoms with van der Waals surface area (Å²) >= 11 is 7.54. The summed E-state index contributed by atoms with van der Waals surface area (Å²) in [7, 11) is 0. The van der Waals surface area contributed by atoms with E-state index >= 15 is 0 Å². The van der Waals surface area contributed by atoms with Gasteiger partial charge in [-0.05, 0) is 43.4 Å². The number of amidine groups is 1. The van der Waals surface area contributed by atoms with Crippen LogP contribution in [0.1, 0.15) is 32.1 Å². The molecule has 1 fully saturated rings. The van der Waals surface area contributed by atoms with Crippen LogP contribution < -0.4 is 5.32 Å². The maximum absolute atomic E-state index is 5.87. The molecule has 0 aromatic heterocycles. The number of aliphatic imine (C=N–C) groups is 1. The van der Waals surface area contributed by atoms with Crippen LogP contribution in [-0.4, -0.2) is 17.5 Å². The normalized spacial score (nSPS) is 17.8. The zero-order chi connectivity index (χ0) is 12.8. The molecule has 1 saturated carbocycles. The van der Waals surface area contributed by atoms with Crippen molar-refractivity contribution in [2.75, 3.05) is 11.6 Å². The number of benzene rings is 1. The van der Waals surface area contributed by atoms with Crippen molar-refractivity contribution in [1.29, 1.82) is 0 Å². The van der Waals surface area contributed by atoms with Crippen molar-refractivity contribution in [2.24, 2.45) is 4.99 Å². The third-order valence-corrected chi connectivity index (χ3v) is 4.01. The van der Waals surface area contributed by atoms with Crippen LogP contribution in [0.4, 0.5) is 5.69 Å². The van der Waals surface area contributed by atoms with Gasteiger partial charge in [-0.2, -0.15) is 0 Å². The summed E-state index contributed by atoms with van der Waals surface area (Å²) < 4.78 is 0. The predicted molar refractivity (Wildman–Crippen MR) is 82.9 cm³/mol. The van der Waals surface area contributed by atoms with Crippen LogP contribution in [0.2, 0.25) is 5.02 Å². The molecule has 18 heavy (non-hydrogen) atoms. The number of nitrogens with one attached hydrogen (secondary N) is 1. The molecule has 1 aliphatic carbocycles. The second-order valence-corrected chi connectivity index (χ2v) is 5.79. The molecule has 98 valence electrons. The molecule has 0 atom stereocenters. The number of hydrogen-bond acceptors (Lipinski definition) is 2. The minimum atomic E-state index is 0.501. The molecule has 0 unspecified atom stereocenters. The fourth-order valence-corrected chi connectivity index (χ4v) is 2.77. The first kappa shape index (κ1) is 13.8. The second kappa shape index (κ2) is 7.05. The van der Waals surface area contributed by atoms with Crippen molar-refractivity contribution < 1.29 is 0 Å². The molecule has 0 heterocycles. The summed E-state index contributed by atoms with van der Waals surface area (Å²) in [6.07, 6.45) is 8.52. The van der Waals surface area contributed by atoms with Crippen LogP contribution in [0.3, 0.4) is 0 Å². The number of rotatable bonds is 2. The highest BCUT2D eigenvalue weighted by atomic mass is 35.5. The Hall–Kier alpha value is -0.670. The molecule has 1 aliphatic rings. The van der Waals surface area contributed by atoms with Gasteiger partial charge in [-0.25, -0.2) is 0 Å². The maximum Gasteiger partial charge on any atom is 0.161 e. The molecule has 1 aromatic rings. The Labute approximate surface area is 118 Å². The summed E-state index contributed by atoms with van der Waals surface area (Å²) in [5.41, 5.74) is 1.04. The SMILES string of the molecule is CSC(=NC1CCCCC1)Nc1ccc(Cl)cc1. The standard InChI is InChI=1S/C14H19ClN2S/c1-18-14(16-12-5-3-2-4-6-12)17-13-9-7-11(15)8-10-13/h7-10,12H,2-6H2,1H3,(H,16,17). The average Bonchev–Trinajstić information content (AvgIpc) is 2.41. The van der Waals surface area contributed by atoms with E-state index < -0.39 is 0 Å². The van der Waals surface area contributed by atoms with E-state index in [-0.39, 0.29) is 0 Å². The van der Waals surface area contributed by atoms with Gasteiger partial charge in [0, 0.05) is 10.7 Å². The Morgan fingerprint density at radius 1 is 1.22 bits per heavy atom. The van der Waals surface area contributed by atoms with Crippen molar-refractivity contribution in [1.82, 2.24) is 0 Å². The molecule has 0 radical (unpaired) electrons. The maximum atomic E-state index is 5.87. The van der Waals surface area contributed by atoms with Gasteiger partial charge in [-0.1, -0.05) is 42.6 Å². The van der Waals surface area contributed by atoms with Crippen LogP contribution in [-0.2, 0) is 0 Å². The smallest absolute Gasteiger partial charge is 0.161 e. The Kier molecular flexibility index (Phi) is 5.39. The van der Waals surface area contributed by atoms with Crippen molar-refractivity contribution >= 4 is 34.2 Å². The molecule has 1 N–H and O–H groups in total. The summed E-state index contributed by atoms with van der Waals surface area (Å²) in [4.78, 5) is 4.81. The van der Waals surface area contributed by atoms with E-state index in [0.717, 1.165) is 15.9 Å². The van der Waals surface area contributed by atoms with E-state index in [1.165, 1.54) is 32.1 Å². The Balaban J connectivity index is 1.99. The van der Waals surface area contributed by atoms with Crippen molar-refractivity contribution in [3.05, 3.63) is 29.3 Å². The number of hydrogen-bond donors (Lipinski definition) is 1. The predicted octanol–water partition coefficient (Wildman–Crippen LogP) is 4.80. The van der Waals surface area contributed by atoms with Gasteiger partial charge in [0.1, 0.15) is 0 Å². The molecule has 2 rings (SSSR count). The lowest BCUT2D eigenvalue weighted by molar-refractivity contribution is 0.444. The third-order valence-electron chi connectivity index (χ3n) is 3.16. The van der Waals surface area contributed by atoms with E-state index in [0.29, 0.717) is 6.04 Å². The first-order valence-corrected chi connectivity index (χ1v) is 8.02. The zero-order valence-electron chi connectivity index (χ0n) is 10.7. The monoisotopic (exact) mass is 282 g/mol. The molecule has 0 aliphatic heterocycles. The van der Waals surface area contributed by atoms with Crippen LogP contribution in [0.25, 0.3) is 0 Å². The second-order valence-electron chi connectivity index (χ2n) is 4.56. The van der Waals surface area contributed by atoms with Crippen LogP contribution in [0.5, 0.6) is 0 Å². The minimum Gasteiger partial charge on any atom is -0.335 e. The molecule has 1 aromatic carbocycles. The zero-order valence-corrected chi connectivity index (χ0v) is 12.2. The van der Waals surface area contributed by atoms with Crippen molar-refractivity contribution in [3.63, 3.8) is 0 Å². The van der Waals surface area contributed by atoms with Gasteiger partial charge < -0.3 is 5.32 Å². The molecule has 0 saturated heterocycles. The molecule has 0 amide bonds. The Morgan fingerprint density at radius 2 is 1.89 bits per heavy atom. The summed E-state index contributed by atoms with van der Waals surface area (Å²) in [6.45, 7) is 0. The molecule has 0 bridgehead atoms. The summed E-state index contributed by atoms with van der Waals surface area (Å²) in [6, 6.07) is 8.25. The number of anilines is 1. The number of nitrogens with zero attached hydrogens (tertiary/aromatic N) is 1. The Bertz CT molecular complexity index is 397. The van der Waals surface area contributed by atoms with Gasteiger partial charge in [-0.3, -0.25) is 4.99 Å². The van der Waals surface area contributed by atoms with Gasteiger partial charge >= 0.3 is 0 Å². The lowest BCUT2D eigenvalue weighted by Gasteiger charge is -2.19. The van der Waals surface area contributed by atoms with Gasteiger partial charge in [-0.15, -0.1) is 0 Å². The van der Waals surface area contributed by atoms with Gasteiger partial charge in [0.15, 0.2) is 5.17 Å². The van der Waals surface area contributed by atoms with E-state index in [1.807, 2.05) is 24.3 Å². The molecule has 0 spiro atoms. The third kappa shape index (κ3) is 4.21. The molecular weight excluding hydrogens is 264 g/mol. The van der Waals surface area contributed by atoms with Crippen LogP contribution in [0, 0.1) is 0 Å². The highest BCUT2D eigenvalue weighted by Gasteiger charge is 2.13. The topological polar surface area (TPSA) is 24.4 Å². The van der Waals surface area contributed by atoms with Gasteiger partial charge in [0.25, 0.3) is 0 Å². The quantitative estimate of drug-likeness (QED) is 0.622. The average molecular weight is 283 g/mol. The fourth-order valence-electron chi connectivity index (χ4n) is 2.17. The minimum absolute atomic E-state index is 0.501. The molecule has 2 nitrogen and oxygen atoms in total. The lowest BCUT2D eigenvalue weighted by Crippen LogP contribution is -2.15. The van der Waals surface area contributed by atoms with E-state index in [9.17, 15) is 0 Å². The fraction of sp³-hybridized carbons (Fsp3) is 0.500.